The van der Waals surface area contributed by atoms with Gasteiger partial charge in [-0.1, -0.05) is 32.1 Å². The Hall–Kier alpha value is -1.27. The maximum atomic E-state index is 13.6. The molecule has 0 bridgehead atoms. The van der Waals surface area contributed by atoms with Gasteiger partial charge in [-0.25, -0.2) is 22.6 Å². The van der Waals surface area contributed by atoms with Crippen molar-refractivity contribution >= 4 is 35.3 Å². The van der Waals surface area contributed by atoms with Gasteiger partial charge >= 0.3 is 0 Å². The van der Waals surface area contributed by atoms with Crippen molar-refractivity contribution in [1.29, 1.82) is 0 Å². The van der Waals surface area contributed by atoms with E-state index in [4.69, 9.17) is 35.5 Å². The van der Waals surface area contributed by atoms with Crippen molar-refractivity contribution < 1.29 is 32.3 Å². The van der Waals surface area contributed by atoms with Crippen molar-refractivity contribution in [2.75, 3.05) is 44.2 Å². The molecule has 3 rings (SSSR count). The summed E-state index contributed by atoms with van der Waals surface area (Å²) in [5, 5.41) is 14.5. The molecule has 0 aliphatic carbocycles. The van der Waals surface area contributed by atoms with Crippen LogP contribution in [0, 0.1) is 5.82 Å². The monoisotopic (exact) mass is 682 g/mol. The molecule has 2 aromatic carbocycles. The van der Waals surface area contributed by atoms with Crippen molar-refractivity contribution in [2.45, 2.75) is 56.3 Å². The first kappa shape index (κ1) is 36.9. The van der Waals surface area contributed by atoms with Crippen molar-refractivity contribution in [3.63, 3.8) is 0 Å². The number of benzene rings is 2. The third-order valence-corrected chi connectivity index (χ3v) is 8.24. The molecule has 0 fully saturated rings. The number of unbranched alkanes of at least 4 members (excludes halogenated alkanes) is 6. The van der Waals surface area contributed by atoms with E-state index in [0.29, 0.717) is 11.4 Å². The van der Waals surface area contributed by atoms with Crippen LogP contribution in [0.4, 0.5) is 4.39 Å². The number of aromatic nitrogens is 2. The standard InChI is InChI=1S/C30H43FN5O2S3.Zn/c31-26-11-9-25(10-12-26)30-24-27(34-36(30)28-13-15-29(16-14-28)41(32,37)38)8-6-4-2-1-3-5-7-19-35(21-23-40)20-17-33-18-22-39;/h9-16,24,39-40H,1-8,17-23H2,(H2,32,37,38);/q-1;/p-2. The number of primary sulfonamides is 1. The molecular formula is C30H41FN5O2S3Zn-3. The van der Waals surface area contributed by atoms with Gasteiger partial charge in [0.05, 0.1) is 22.0 Å². The van der Waals surface area contributed by atoms with E-state index < -0.39 is 10.0 Å². The topological polar surface area (TPSA) is 95.3 Å². The fourth-order valence-corrected chi connectivity index (χ4v) is 5.63. The minimum Gasteiger partial charge on any atom is -0.794 e. The molecule has 1 aromatic heterocycles. The van der Waals surface area contributed by atoms with Crippen LogP contribution in [0.5, 0.6) is 0 Å². The molecule has 1 heterocycles. The van der Waals surface area contributed by atoms with E-state index in [1.54, 1.807) is 28.9 Å². The van der Waals surface area contributed by atoms with Gasteiger partial charge in [-0.15, -0.1) is 6.54 Å². The number of hydrogen-bond acceptors (Lipinski definition) is 6. The Labute approximate surface area is 274 Å². The van der Waals surface area contributed by atoms with Crippen LogP contribution in [0.1, 0.15) is 50.6 Å². The van der Waals surface area contributed by atoms with Gasteiger partial charge in [-0.05, 0) is 93.5 Å². The van der Waals surface area contributed by atoms with Crippen LogP contribution in [0.2, 0.25) is 0 Å². The van der Waals surface area contributed by atoms with Crippen molar-refractivity contribution in [3.05, 3.63) is 71.4 Å². The molecule has 0 saturated heterocycles. The fraction of sp³-hybridized carbons (Fsp3) is 0.500. The number of sulfonamides is 1. The van der Waals surface area contributed by atoms with Gasteiger partial charge in [-0.2, -0.15) is 23.1 Å². The van der Waals surface area contributed by atoms with E-state index in [-0.39, 0.29) is 30.2 Å². The van der Waals surface area contributed by atoms with Crippen LogP contribution in [0.25, 0.3) is 22.3 Å². The fourth-order valence-electron chi connectivity index (χ4n) is 4.73. The van der Waals surface area contributed by atoms with E-state index in [2.05, 4.69) is 10.2 Å². The summed E-state index contributed by atoms with van der Waals surface area (Å²) < 4.78 is 38.7. The number of nitrogens with two attached hydrogens (primary N) is 1. The largest absolute Gasteiger partial charge is 0.794 e. The second-order valence-corrected chi connectivity index (χ2v) is 12.5. The summed E-state index contributed by atoms with van der Waals surface area (Å²) in [6.45, 7) is 4.64. The number of hydrogen-bond donors (Lipinski definition) is 1. The summed E-state index contributed by atoms with van der Waals surface area (Å²) in [6, 6.07) is 14.6. The molecule has 0 saturated carbocycles. The van der Waals surface area contributed by atoms with Gasteiger partial charge < -0.3 is 35.5 Å². The van der Waals surface area contributed by atoms with Gasteiger partial charge in [0.1, 0.15) is 5.82 Å². The molecule has 0 radical (unpaired) electrons. The number of rotatable bonds is 20. The van der Waals surface area contributed by atoms with Gasteiger partial charge in [0.2, 0.25) is 10.0 Å². The SMILES string of the molecule is NS(=O)(=O)c1ccc(-n2nc(CCCCCCCCCN(CC[S-])CC[N-]CC[S-])cc2-c2ccc(F)cc2)cc1.[Zn]. The van der Waals surface area contributed by atoms with E-state index >= 15 is 0 Å². The molecular weight excluding hydrogens is 643 g/mol. The summed E-state index contributed by atoms with van der Waals surface area (Å²) in [6.07, 6.45) is 9.07. The first-order chi connectivity index (χ1) is 19.8. The van der Waals surface area contributed by atoms with Crippen molar-refractivity contribution in [3.8, 4) is 16.9 Å². The molecule has 42 heavy (non-hydrogen) atoms. The first-order valence-corrected chi connectivity index (χ1v) is 17.0. The number of halogens is 1. The molecule has 228 valence electrons. The second-order valence-electron chi connectivity index (χ2n) is 10.1. The molecule has 3 aromatic rings. The van der Waals surface area contributed by atoms with Crippen LogP contribution in [-0.2, 0) is 61.2 Å². The third kappa shape index (κ3) is 12.8. The Balaban J connectivity index is 0.00000616. The van der Waals surface area contributed by atoms with Crippen molar-refractivity contribution in [1.82, 2.24) is 14.7 Å². The maximum absolute atomic E-state index is 13.6. The van der Waals surface area contributed by atoms with Gasteiger partial charge in [0, 0.05) is 25.0 Å². The zero-order valence-corrected chi connectivity index (χ0v) is 29.7. The minimum atomic E-state index is -3.78. The van der Waals surface area contributed by atoms with Gasteiger partial charge in [0.15, 0.2) is 0 Å². The smallest absolute Gasteiger partial charge is 0.238 e. The van der Waals surface area contributed by atoms with Gasteiger partial charge in [0.25, 0.3) is 0 Å². The van der Waals surface area contributed by atoms with E-state index in [0.717, 1.165) is 74.7 Å². The Bertz CT molecular complexity index is 1280. The number of nitrogens with zero attached hydrogens (tertiary/aromatic N) is 4. The normalized spacial score (nSPS) is 11.6. The quantitative estimate of drug-likeness (QED) is 0.0979. The summed E-state index contributed by atoms with van der Waals surface area (Å²) in [7, 11) is -3.78. The zero-order chi connectivity index (χ0) is 29.5. The molecule has 2 N–H and O–H groups in total. The third-order valence-electron chi connectivity index (χ3n) is 6.95. The Morgan fingerprint density at radius 3 is 2.10 bits per heavy atom. The first-order valence-electron chi connectivity index (χ1n) is 14.3. The van der Waals surface area contributed by atoms with Crippen LogP contribution in [0.15, 0.2) is 59.5 Å². The minimum absolute atomic E-state index is 0. The van der Waals surface area contributed by atoms with Gasteiger partial charge in [-0.3, -0.25) is 0 Å². The van der Waals surface area contributed by atoms with Crippen LogP contribution < -0.4 is 5.14 Å². The van der Waals surface area contributed by atoms with Crippen LogP contribution >= 0.6 is 0 Å². The molecule has 0 aliphatic heterocycles. The molecule has 0 atom stereocenters. The molecule has 0 amide bonds. The van der Waals surface area contributed by atoms with E-state index in [9.17, 15) is 12.8 Å². The summed E-state index contributed by atoms with van der Waals surface area (Å²) >= 11 is 10.1. The van der Waals surface area contributed by atoms with Crippen LogP contribution in [0.3, 0.4) is 0 Å². The summed E-state index contributed by atoms with van der Waals surface area (Å²) in [5.74, 6) is 1.15. The summed E-state index contributed by atoms with van der Waals surface area (Å²) in [5.41, 5.74) is 3.31. The Kier molecular flexibility index (Phi) is 17.5. The van der Waals surface area contributed by atoms with E-state index in [1.807, 2.05) is 6.07 Å². The average molecular weight is 684 g/mol. The maximum Gasteiger partial charge on any atom is 0.238 e. The molecule has 0 unspecified atom stereocenters. The average Bonchev–Trinajstić information content (AvgIpc) is 3.38. The van der Waals surface area contributed by atoms with Crippen molar-refractivity contribution in [2.24, 2.45) is 5.14 Å². The molecule has 7 nitrogen and oxygen atoms in total. The predicted octanol–water partition coefficient (Wildman–Crippen LogP) is 5.37. The number of aryl methyl sites for hydroxylation is 1. The van der Waals surface area contributed by atoms with Crippen LogP contribution in [-0.4, -0.2) is 67.3 Å². The second kappa shape index (κ2) is 19.9. The molecule has 0 spiro atoms. The Morgan fingerprint density at radius 1 is 0.833 bits per heavy atom. The molecule has 12 heteroatoms. The Morgan fingerprint density at radius 2 is 1.48 bits per heavy atom. The van der Waals surface area contributed by atoms with E-state index in [1.165, 1.54) is 56.4 Å². The predicted molar refractivity (Wildman–Crippen MR) is 170 cm³/mol. The zero-order valence-electron chi connectivity index (χ0n) is 24.3. The molecule has 0 aliphatic rings. The summed E-state index contributed by atoms with van der Waals surface area (Å²) in [4.78, 5) is 2.47.